The van der Waals surface area contributed by atoms with Gasteiger partial charge in [0.25, 0.3) is 0 Å². The highest BCUT2D eigenvalue weighted by Gasteiger charge is 2.03. The number of nitrogen functional groups attached to an aromatic ring is 1. The first kappa shape index (κ1) is 9.77. The van der Waals surface area contributed by atoms with E-state index in [4.69, 9.17) is 5.73 Å². The Kier molecular flexibility index (Phi) is 2.46. The van der Waals surface area contributed by atoms with Crippen LogP contribution in [-0.4, -0.2) is 9.78 Å². The van der Waals surface area contributed by atoms with Crippen molar-refractivity contribution in [1.29, 1.82) is 0 Å². The van der Waals surface area contributed by atoms with Crippen molar-refractivity contribution < 1.29 is 0 Å². The molecule has 0 radical (unpaired) electrons. The van der Waals surface area contributed by atoms with Gasteiger partial charge in [0.2, 0.25) is 0 Å². The van der Waals surface area contributed by atoms with Gasteiger partial charge in [0.15, 0.2) is 0 Å². The van der Waals surface area contributed by atoms with Gasteiger partial charge in [-0.1, -0.05) is 13.0 Å². The molecule has 1 aromatic carbocycles. The number of nitrogens with zero attached hydrogens (tertiary/aromatic N) is 2. The van der Waals surface area contributed by atoms with Crippen LogP contribution in [0.25, 0.3) is 11.3 Å². The van der Waals surface area contributed by atoms with E-state index in [0.29, 0.717) is 0 Å². The SMILES string of the molecule is CCc1cc(-c2ccn(C)n2)ccc1N. The molecule has 2 rings (SSSR count). The molecule has 78 valence electrons. The van der Waals surface area contributed by atoms with Crippen molar-refractivity contribution in [3.63, 3.8) is 0 Å². The quantitative estimate of drug-likeness (QED) is 0.757. The van der Waals surface area contributed by atoms with Gasteiger partial charge in [-0.25, -0.2) is 0 Å². The Morgan fingerprint density at radius 2 is 2.13 bits per heavy atom. The first-order chi connectivity index (χ1) is 7.20. The fourth-order valence-corrected chi connectivity index (χ4v) is 1.64. The lowest BCUT2D eigenvalue weighted by atomic mass is 10.0. The molecular formula is C12H15N3. The van der Waals surface area contributed by atoms with Gasteiger partial charge < -0.3 is 5.73 Å². The molecule has 2 N–H and O–H groups in total. The van der Waals surface area contributed by atoms with Crippen LogP contribution in [0.15, 0.2) is 30.5 Å². The lowest BCUT2D eigenvalue weighted by molar-refractivity contribution is 0.771. The molecule has 1 aromatic heterocycles. The second-order valence-corrected chi connectivity index (χ2v) is 3.64. The molecular weight excluding hydrogens is 186 g/mol. The molecule has 0 amide bonds. The van der Waals surface area contributed by atoms with Gasteiger partial charge in [-0.3, -0.25) is 4.68 Å². The van der Waals surface area contributed by atoms with E-state index in [1.165, 1.54) is 5.56 Å². The minimum atomic E-state index is 0.859. The zero-order valence-electron chi connectivity index (χ0n) is 9.07. The minimum Gasteiger partial charge on any atom is -0.399 e. The summed E-state index contributed by atoms with van der Waals surface area (Å²) in [5.41, 5.74) is 10.0. The third-order valence-electron chi connectivity index (χ3n) is 2.53. The molecule has 3 heteroatoms. The summed E-state index contributed by atoms with van der Waals surface area (Å²) >= 11 is 0. The first-order valence-electron chi connectivity index (χ1n) is 5.09. The van der Waals surface area contributed by atoms with Crippen LogP contribution in [0.5, 0.6) is 0 Å². The topological polar surface area (TPSA) is 43.8 Å². The molecule has 3 nitrogen and oxygen atoms in total. The summed E-state index contributed by atoms with van der Waals surface area (Å²) in [5, 5.41) is 4.36. The monoisotopic (exact) mass is 201 g/mol. The third-order valence-corrected chi connectivity index (χ3v) is 2.53. The van der Waals surface area contributed by atoms with E-state index in [9.17, 15) is 0 Å². The summed E-state index contributed by atoms with van der Waals surface area (Å²) in [4.78, 5) is 0. The molecule has 0 aliphatic rings. The normalized spacial score (nSPS) is 10.5. The van der Waals surface area contributed by atoms with Crippen molar-refractivity contribution in [3.05, 3.63) is 36.0 Å². The predicted octanol–water partition coefficient (Wildman–Crippen LogP) is 2.23. The average molecular weight is 201 g/mol. The van der Waals surface area contributed by atoms with Crippen molar-refractivity contribution in [2.75, 3.05) is 5.73 Å². The highest BCUT2D eigenvalue weighted by Crippen LogP contribution is 2.22. The Hall–Kier alpha value is -1.77. The van der Waals surface area contributed by atoms with E-state index in [1.807, 2.05) is 31.4 Å². The fraction of sp³-hybridized carbons (Fsp3) is 0.250. The average Bonchev–Trinajstić information content (AvgIpc) is 2.66. The predicted molar refractivity (Wildman–Crippen MR) is 62.4 cm³/mol. The van der Waals surface area contributed by atoms with Gasteiger partial charge in [-0.2, -0.15) is 5.10 Å². The lowest BCUT2D eigenvalue weighted by Crippen LogP contribution is -1.94. The summed E-state index contributed by atoms with van der Waals surface area (Å²) < 4.78 is 1.80. The van der Waals surface area contributed by atoms with Gasteiger partial charge >= 0.3 is 0 Å². The van der Waals surface area contributed by atoms with Crippen LogP contribution in [0, 0.1) is 0 Å². The zero-order chi connectivity index (χ0) is 10.8. The second-order valence-electron chi connectivity index (χ2n) is 3.64. The fourth-order valence-electron chi connectivity index (χ4n) is 1.64. The van der Waals surface area contributed by atoms with Crippen molar-refractivity contribution in [2.45, 2.75) is 13.3 Å². The summed E-state index contributed by atoms with van der Waals surface area (Å²) in [5.74, 6) is 0. The lowest BCUT2D eigenvalue weighted by Gasteiger charge is -2.04. The Labute approximate surface area is 89.5 Å². The molecule has 0 bridgehead atoms. The molecule has 0 fully saturated rings. The highest BCUT2D eigenvalue weighted by molar-refractivity contribution is 5.64. The summed E-state index contributed by atoms with van der Waals surface area (Å²) in [6, 6.07) is 8.07. The Balaban J connectivity index is 2.45. The molecule has 0 aliphatic heterocycles. The van der Waals surface area contributed by atoms with E-state index < -0.39 is 0 Å². The van der Waals surface area contributed by atoms with E-state index in [-0.39, 0.29) is 0 Å². The molecule has 0 saturated heterocycles. The molecule has 0 atom stereocenters. The maximum Gasteiger partial charge on any atom is 0.0923 e. The molecule has 0 aliphatic carbocycles. The van der Waals surface area contributed by atoms with Crippen molar-refractivity contribution in [1.82, 2.24) is 9.78 Å². The number of anilines is 1. The molecule has 2 aromatic rings. The number of nitrogens with two attached hydrogens (primary N) is 1. The van der Waals surface area contributed by atoms with E-state index in [0.717, 1.165) is 23.4 Å². The van der Waals surface area contributed by atoms with E-state index >= 15 is 0 Å². The number of rotatable bonds is 2. The summed E-state index contributed by atoms with van der Waals surface area (Å²) in [6.07, 6.45) is 2.89. The second kappa shape index (κ2) is 3.77. The van der Waals surface area contributed by atoms with Crippen LogP contribution in [0.3, 0.4) is 0 Å². The summed E-state index contributed by atoms with van der Waals surface area (Å²) in [7, 11) is 1.92. The van der Waals surface area contributed by atoms with Gasteiger partial charge in [0.1, 0.15) is 0 Å². The highest BCUT2D eigenvalue weighted by atomic mass is 15.2. The molecule has 1 heterocycles. The molecule has 0 unspecified atom stereocenters. The van der Waals surface area contributed by atoms with Crippen molar-refractivity contribution >= 4 is 5.69 Å². The smallest absolute Gasteiger partial charge is 0.0923 e. The minimum absolute atomic E-state index is 0.859. The first-order valence-corrected chi connectivity index (χ1v) is 5.09. The zero-order valence-corrected chi connectivity index (χ0v) is 9.07. The van der Waals surface area contributed by atoms with Crippen LogP contribution in [0.1, 0.15) is 12.5 Å². The van der Waals surface area contributed by atoms with Gasteiger partial charge in [0.05, 0.1) is 5.69 Å². The number of hydrogen-bond donors (Lipinski definition) is 1. The van der Waals surface area contributed by atoms with Crippen molar-refractivity contribution in [3.8, 4) is 11.3 Å². The number of aryl methyl sites for hydroxylation is 2. The Morgan fingerprint density at radius 3 is 2.73 bits per heavy atom. The molecule has 0 spiro atoms. The van der Waals surface area contributed by atoms with Crippen LogP contribution < -0.4 is 5.73 Å². The summed E-state index contributed by atoms with van der Waals surface area (Å²) in [6.45, 7) is 2.11. The van der Waals surface area contributed by atoms with E-state index in [2.05, 4.69) is 18.1 Å². The van der Waals surface area contributed by atoms with Crippen molar-refractivity contribution in [2.24, 2.45) is 7.05 Å². The van der Waals surface area contributed by atoms with Crippen LogP contribution in [-0.2, 0) is 13.5 Å². The maximum atomic E-state index is 5.86. The van der Waals surface area contributed by atoms with Crippen LogP contribution >= 0.6 is 0 Å². The van der Waals surface area contributed by atoms with Gasteiger partial charge in [-0.05, 0) is 30.2 Å². The largest absolute Gasteiger partial charge is 0.399 e. The molecule has 15 heavy (non-hydrogen) atoms. The van der Waals surface area contributed by atoms with Crippen LogP contribution in [0.4, 0.5) is 5.69 Å². The number of hydrogen-bond acceptors (Lipinski definition) is 2. The number of benzene rings is 1. The third kappa shape index (κ3) is 1.86. The number of aromatic nitrogens is 2. The van der Waals surface area contributed by atoms with Gasteiger partial charge in [0, 0.05) is 24.5 Å². The van der Waals surface area contributed by atoms with E-state index in [1.54, 1.807) is 4.68 Å². The van der Waals surface area contributed by atoms with Gasteiger partial charge in [-0.15, -0.1) is 0 Å². The maximum absolute atomic E-state index is 5.86. The Morgan fingerprint density at radius 1 is 1.33 bits per heavy atom. The molecule has 0 saturated carbocycles. The standard InChI is InChI=1S/C12H15N3/c1-3-9-8-10(4-5-11(9)13)12-6-7-15(2)14-12/h4-8H,3,13H2,1-2H3. The Bertz CT molecular complexity index is 471. The van der Waals surface area contributed by atoms with Crippen LogP contribution in [0.2, 0.25) is 0 Å².